The van der Waals surface area contributed by atoms with Gasteiger partial charge < -0.3 is 4.74 Å². The van der Waals surface area contributed by atoms with E-state index in [4.69, 9.17) is 4.74 Å². The van der Waals surface area contributed by atoms with Crippen LogP contribution in [0.3, 0.4) is 0 Å². The molecular formula is C12H11BF2O. The van der Waals surface area contributed by atoms with Crippen molar-refractivity contribution in [2.24, 2.45) is 0 Å². The summed E-state index contributed by atoms with van der Waals surface area (Å²) in [5, 5.41) is 0. The molecule has 82 valence electrons. The Morgan fingerprint density at radius 2 is 1.00 bits per heavy atom. The summed E-state index contributed by atoms with van der Waals surface area (Å²) in [7, 11) is -1.75. The van der Waals surface area contributed by atoms with Crippen molar-refractivity contribution in [2.75, 3.05) is 0 Å². The molecule has 0 bridgehead atoms. The molecule has 2 aromatic rings. The molecule has 0 aliphatic carbocycles. The van der Waals surface area contributed by atoms with Crippen LogP contribution in [-0.2, 0) is 0 Å². The fourth-order valence-electron chi connectivity index (χ4n) is 1.11. The predicted molar refractivity (Wildman–Crippen MR) is 62.3 cm³/mol. The maximum atomic E-state index is 9.62. The van der Waals surface area contributed by atoms with Crippen LogP contribution < -0.4 is 4.74 Å². The summed E-state index contributed by atoms with van der Waals surface area (Å²) in [5.41, 5.74) is 0. The Labute approximate surface area is 94.0 Å². The number of hydrogen-bond acceptors (Lipinski definition) is 1. The number of rotatable bonds is 2. The number of ether oxygens (including phenoxy) is 1. The van der Waals surface area contributed by atoms with Crippen LogP contribution in [0, 0.1) is 0 Å². The summed E-state index contributed by atoms with van der Waals surface area (Å²) in [6.07, 6.45) is 0. The SMILES string of the molecule is FBF.c1ccc(Oc2ccccc2)cc1. The minimum absolute atomic E-state index is 0.869. The van der Waals surface area contributed by atoms with Gasteiger partial charge in [-0.05, 0) is 24.3 Å². The van der Waals surface area contributed by atoms with E-state index >= 15 is 0 Å². The van der Waals surface area contributed by atoms with E-state index < -0.39 is 7.83 Å². The van der Waals surface area contributed by atoms with Crippen molar-refractivity contribution in [1.82, 2.24) is 0 Å². The lowest BCUT2D eigenvalue weighted by Gasteiger charge is -2.03. The molecule has 0 spiro atoms. The van der Waals surface area contributed by atoms with Gasteiger partial charge in [-0.1, -0.05) is 36.4 Å². The van der Waals surface area contributed by atoms with Crippen LogP contribution in [0.2, 0.25) is 0 Å². The van der Waals surface area contributed by atoms with Gasteiger partial charge in [-0.3, -0.25) is 8.63 Å². The lowest BCUT2D eigenvalue weighted by atomic mass is 10.3. The number of hydrogen-bond donors (Lipinski definition) is 0. The van der Waals surface area contributed by atoms with Gasteiger partial charge in [0.25, 0.3) is 0 Å². The Morgan fingerprint density at radius 1 is 0.688 bits per heavy atom. The average Bonchev–Trinajstić information content (AvgIpc) is 2.33. The summed E-state index contributed by atoms with van der Waals surface area (Å²) >= 11 is 0. The Balaban J connectivity index is 0.000000386. The van der Waals surface area contributed by atoms with Crippen molar-refractivity contribution < 1.29 is 13.4 Å². The Bertz CT molecular complexity index is 343. The van der Waals surface area contributed by atoms with Gasteiger partial charge in [-0.2, -0.15) is 0 Å². The molecule has 2 rings (SSSR count). The van der Waals surface area contributed by atoms with E-state index in [9.17, 15) is 8.63 Å². The molecule has 0 saturated carbocycles. The third-order valence-electron chi connectivity index (χ3n) is 1.72. The van der Waals surface area contributed by atoms with Gasteiger partial charge in [-0.25, -0.2) is 0 Å². The van der Waals surface area contributed by atoms with E-state index in [0.29, 0.717) is 0 Å². The van der Waals surface area contributed by atoms with Crippen LogP contribution in [0.25, 0.3) is 0 Å². The molecule has 0 aliphatic rings. The quantitative estimate of drug-likeness (QED) is 0.701. The van der Waals surface area contributed by atoms with Crippen LogP contribution in [0.4, 0.5) is 8.63 Å². The van der Waals surface area contributed by atoms with Crippen LogP contribution in [0.15, 0.2) is 60.7 Å². The third-order valence-corrected chi connectivity index (χ3v) is 1.72. The fraction of sp³-hybridized carbons (Fsp3) is 0. The topological polar surface area (TPSA) is 9.23 Å². The molecule has 0 radical (unpaired) electrons. The molecule has 16 heavy (non-hydrogen) atoms. The normalized spacial score (nSPS) is 8.62. The second-order valence-electron chi connectivity index (χ2n) is 2.83. The second kappa shape index (κ2) is 7.46. The molecule has 0 fully saturated rings. The first-order valence-electron chi connectivity index (χ1n) is 4.76. The average molecular weight is 220 g/mol. The highest BCUT2D eigenvalue weighted by Gasteiger charge is 1.92. The molecule has 0 amide bonds. The van der Waals surface area contributed by atoms with Gasteiger partial charge in [0.15, 0.2) is 0 Å². The summed E-state index contributed by atoms with van der Waals surface area (Å²) in [4.78, 5) is 0. The molecule has 0 atom stereocenters. The first-order valence-corrected chi connectivity index (χ1v) is 4.76. The summed E-state index contributed by atoms with van der Waals surface area (Å²) in [5.74, 6) is 1.74. The first kappa shape index (κ1) is 12.2. The molecule has 0 N–H and O–H groups in total. The van der Waals surface area contributed by atoms with Gasteiger partial charge in [-0.15, -0.1) is 0 Å². The lowest BCUT2D eigenvalue weighted by molar-refractivity contribution is 0.482. The summed E-state index contributed by atoms with van der Waals surface area (Å²) in [6, 6.07) is 19.5. The van der Waals surface area contributed by atoms with Crippen molar-refractivity contribution in [3.8, 4) is 11.5 Å². The summed E-state index contributed by atoms with van der Waals surface area (Å²) < 4.78 is 24.8. The number of halogens is 2. The zero-order valence-electron chi connectivity index (χ0n) is 8.64. The molecule has 2 aromatic carbocycles. The monoisotopic (exact) mass is 220 g/mol. The largest absolute Gasteiger partial charge is 0.521 e. The minimum atomic E-state index is -1.75. The maximum absolute atomic E-state index is 9.62. The zero-order chi connectivity index (χ0) is 11.6. The predicted octanol–water partition coefficient (Wildman–Crippen LogP) is 3.67. The van der Waals surface area contributed by atoms with E-state index in [2.05, 4.69) is 0 Å². The molecule has 4 heteroatoms. The maximum Gasteiger partial charge on any atom is 0.521 e. The van der Waals surface area contributed by atoms with E-state index in [1.54, 1.807) is 0 Å². The van der Waals surface area contributed by atoms with E-state index in [-0.39, 0.29) is 0 Å². The van der Waals surface area contributed by atoms with Gasteiger partial charge >= 0.3 is 7.83 Å². The van der Waals surface area contributed by atoms with Gasteiger partial charge in [0.05, 0.1) is 0 Å². The highest BCUT2D eigenvalue weighted by molar-refractivity contribution is 6.15. The van der Waals surface area contributed by atoms with Crippen LogP contribution >= 0.6 is 0 Å². The molecule has 1 nitrogen and oxygen atoms in total. The van der Waals surface area contributed by atoms with Gasteiger partial charge in [0.2, 0.25) is 0 Å². The van der Waals surface area contributed by atoms with Crippen molar-refractivity contribution in [1.29, 1.82) is 0 Å². The molecule has 0 saturated heterocycles. The molecular weight excluding hydrogens is 209 g/mol. The Morgan fingerprint density at radius 3 is 1.31 bits per heavy atom. The lowest BCUT2D eigenvalue weighted by Crippen LogP contribution is -1.81. The number of benzene rings is 2. The van der Waals surface area contributed by atoms with E-state index in [0.717, 1.165) is 11.5 Å². The van der Waals surface area contributed by atoms with Crippen LogP contribution in [0.1, 0.15) is 0 Å². The summed E-state index contributed by atoms with van der Waals surface area (Å²) in [6.45, 7) is 0. The second-order valence-corrected chi connectivity index (χ2v) is 2.83. The Kier molecular flexibility index (Phi) is 5.70. The van der Waals surface area contributed by atoms with E-state index in [1.165, 1.54) is 0 Å². The first-order chi connectivity index (χ1) is 7.86. The zero-order valence-corrected chi connectivity index (χ0v) is 8.64. The van der Waals surface area contributed by atoms with Crippen molar-refractivity contribution >= 4 is 7.83 Å². The third kappa shape index (κ3) is 4.60. The fourth-order valence-corrected chi connectivity index (χ4v) is 1.11. The molecule has 0 aliphatic heterocycles. The molecule has 0 heterocycles. The molecule has 0 aromatic heterocycles. The van der Waals surface area contributed by atoms with Crippen LogP contribution in [-0.4, -0.2) is 7.83 Å². The van der Waals surface area contributed by atoms with Gasteiger partial charge in [0, 0.05) is 0 Å². The highest BCUT2D eigenvalue weighted by atomic mass is 19.2. The van der Waals surface area contributed by atoms with E-state index in [1.807, 2.05) is 60.7 Å². The highest BCUT2D eigenvalue weighted by Crippen LogP contribution is 2.19. The van der Waals surface area contributed by atoms with Crippen molar-refractivity contribution in [3.05, 3.63) is 60.7 Å². The van der Waals surface area contributed by atoms with Crippen molar-refractivity contribution in [2.45, 2.75) is 0 Å². The van der Waals surface area contributed by atoms with Crippen molar-refractivity contribution in [3.63, 3.8) is 0 Å². The number of para-hydroxylation sites is 2. The molecule has 0 unspecified atom stereocenters. The standard InChI is InChI=1S/C12H10O.BF2H/c1-3-7-11(8-4-1)13-12-9-5-2-6-10-12;2-1-3/h1-10H;1H. The van der Waals surface area contributed by atoms with Gasteiger partial charge in [0.1, 0.15) is 11.5 Å². The smallest absolute Gasteiger partial charge is 0.457 e. The van der Waals surface area contributed by atoms with Crippen LogP contribution in [0.5, 0.6) is 11.5 Å². The minimum Gasteiger partial charge on any atom is -0.457 e. The Hall–Kier alpha value is -1.84.